The Morgan fingerprint density at radius 3 is 1.67 bits per heavy atom. The van der Waals surface area contributed by atoms with Crippen LogP contribution in [0.3, 0.4) is 0 Å². The fraction of sp³-hybridized carbons (Fsp3) is 0.692. The van der Waals surface area contributed by atoms with E-state index in [0.29, 0.717) is 35.5 Å². The van der Waals surface area contributed by atoms with Gasteiger partial charge in [0.25, 0.3) is 0 Å². The second-order valence-corrected chi connectivity index (χ2v) is 6.51. The van der Waals surface area contributed by atoms with Gasteiger partial charge in [-0.15, -0.1) is 0 Å². The van der Waals surface area contributed by atoms with E-state index in [9.17, 15) is 9.59 Å². The molecule has 0 unspecified atom stereocenters. The van der Waals surface area contributed by atoms with Crippen LogP contribution in [0, 0.1) is 35.5 Å². The molecule has 4 rings (SSSR count). The normalized spacial score (nSPS) is 45.5. The summed E-state index contributed by atoms with van der Waals surface area (Å²) in [4.78, 5) is 21.7. The van der Waals surface area contributed by atoms with Crippen molar-refractivity contribution in [2.24, 2.45) is 57.2 Å². The first kappa shape index (κ1) is 12.6. The summed E-state index contributed by atoms with van der Waals surface area (Å²) in [5.41, 5.74) is 17.0. The molecule has 2 bridgehead atoms. The molecule has 4 aliphatic carbocycles. The van der Waals surface area contributed by atoms with Gasteiger partial charge in [-0.25, -0.2) is 20.4 Å². The SMILES string of the molecule is NC(=O)N/N=C1/C[C@@H]2[C@H]3C/C(=N\NC(N)=O)[C@H]4[C@H]3C[C@@H]2[C@H]14. The van der Waals surface area contributed by atoms with Gasteiger partial charge in [0.15, 0.2) is 0 Å². The minimum atomic E-state index is -0.634. The van der Waals surface area contributed by atoms with E-state index >= 15 is 0 Å². The minimum absolute atomic E-state index is 0.332. The number of hydrazone groups is 2. The van der Waals surface area contributed by atoms with Crippen molar-refractivity contribution in [1.29, 1.82) is 0 Å². The van der Waals surface area contributed by atoms with Crippen LogP contribution < -0.4 is 22.3 Å². The minimum Gasteiger partial charge on any atom is -0.350 e. The van der Waals surface area contributed by atoms with Crippen LogP contribution in [0.25, 0.3) is 0 Å². The van der Waals surface area contributed by atoms with Crippen LogP contribution in [0.2, 0.25) is 0 Å². The zero-order valence-corrected chi connectivity index (χ0v) is 11.5. The molecule has 0 heterocycles. The number of amides is 4. The van der Waals surface area contributed by atoms with E-state index in [1.54, 1.807) is 0 Å². The largest absolute Gasteiger partial charge is 0.350 e. The highest BCUT2D eigenvalue weighted by atomic mass is 16.2. The highest BCUT2D eigenvalue weighted by Gasteiger charge is 2.67. The average molecular weight is 290 g/mol. The maximum Gasteiger partial charge on any atom is 0.332 e. The van der Waals surface area contributed by atoms with Crippen LogP contribution in [0.4, 0.5) is 9.59 Å². The van der Waals surface area contributed by atoms with E-state index in [0.717, 1.165) is 24.3 Å². The lowest BCUT2D eigenvalue weighted by Gasteiger charge is -2.24. The Bertz CT molecular complexity index is 531. The molecule has 0 radical (unpaired) electrons. The summed E-state index contributed by atoms with van der Waals surface area (Å²) in [7, 11) is 0. The van der Waals surface area contributed by atoms with Crippen molar-refractivity contribution in [1.82, 2.24) is 10.9 Å². The van der Waals surface area contributed by atoms with Crippen molar-refractivity contribution in [2.75, 3.05) is 0 Å². The molecule has 0 aromatic rings. The lowest BCUT2D eigenvalue weighted by atomic mass is 9.79. The zero-order chi connectivity index (χ0) is 14.7. The predicted molar refractivity (Wildman–Crippen MR) is 75.1 cm³/mol. The summed E-state index contributed by atoms with van der Waals surface area (Å²) in [5.74, 6) is 3.20. The maximum atomic E-state index is 10.9. The molecule has 4 amide bonds. The number of carbonyl (C=O) groups excluding carboxylic acids is 2. The molecule has 21 heavy (non-hydrogen) atoms. The van der Waals surface area contributed by atoms with Gasteiger partial charge in [0.2, 0.25) is 0 Å². The molecule has 0 aromatic heterocycles. The number of fused-ring (bicyclic) bond motifs is 2. The first-order valence-electron chi connectivity index (χ1n) is 7.30. The van der Waals surface area contributed by atoms with Gasteiger partial charge >= 0.3 is 12.1 Å². The summed E-state index contributed by atoms with van der Waals surface area (Å²) in [6, 6.07) is -1.27. The van der Waals surface area contributed by atoms with Gasteiger partial charge in [0.1, 0.15) is 0 Å². The highest BCUT2D eigenvalue weighted by molar-refractivity contribution is 6.01. The number of carbonyl (C=O) groups is 2. The van der Waals surface area contributed by atoms with E-state index in [1.807, 2.05) is 0 Å². The number of hydrogen-bond acceptors (Lipinski definition) is 4. The molecular formula is C13H18N6O2. The zero-order valence-electron chi connectivity index (χ0n) is 11.5. The van der Waals surface area contributed by atoms with Crippen LogP contribution in [0.15, 0.2) is 10.2 Å². The topological polar surface area (TPSA) is 135 Å². The summed E-state index contributed by atoms with van der Waals surface area (Å²) < 4.78 is 0. The monoisotopic (exact) mass is 290 g/mol. The molecule has 4 fully saturated rings. The van der Waals surface area contributed by atoms with Crippen LogP contribution in [-0.2, 0) is 0 Å². The second kappa shape index (κ2) is 4.19. The summed E-state index contributed by atoms with van der Waals surface area (Å²) in [6.45, 7) is 0. The summed E-state index contributed by atoms with van der Waals surface area (Å²) in [5, 5.41) is 8.43. The number of nitrogens with one attached hydrogen (secondary N) is 2. The third-order valence-electron chi connectivity index (χ3n) is 5.78. The van der Waals surface area contributed by atoms with E-state index in [-0.39, 0.29) is 0 Å². The summed E-state index contributed by atoms with van der Waals surface area (Å²) >= 11 is 0. The fourth-order valence-electron chi connectivity index (χ4n) is 5.42. The van der Waals surface area contributed by atoms with E-state index in [4.69, 9.17) is 11.5 Å². The predicted octanol–water partition coefficient (Wildman–Crippen LogP) is -0.0431. The van der Waals surface area contributed by atoms with Gasteiger partial charge in [0, 0.05) is 23.3 Å². The van der Waals surface area contributed by atoms with Gasteiger partial charge in [0.05, 0.1) is 0 Å². The molecule has 6 atom stereocenters. The number of rotatable bonds is 2. The molecule has 8 nitrogen and oxygen atoms in total. The van der Waals surface area contributed by atoms with Gasteiger partial charge in [-0.1, -0.05) is 0 Å². The number of nitrogens with zero attached hydrogens (tertiary/aromatic N) is 2. The molecule has 0 saturated heterocycles. The fourth-order valence-corrected chi connectivity index (χ4v) is 5.42. The van der Waals surface area contributed by atoms with Gasteiger partial charge < -0.3 is 11.5 Å². The Hall–Kier alpha value is -2.12. The third kappa shape index (κ3) is 1.68. The number of nitrogens with two attached hydrogens (primary N) is 2. The standard InChI is InChI=1S/C13H18N6O2/c14-12(20)18-16-8-2-4-5-3-9(17-19-13(15)21)11-7(5)1-6(4)10(8)11/h4-7,10-11H,1-3H2,(H3,14,18,20)(H3,15,19,21)/b16-8-,17-9+/t4-,5-,6+,7+,10-,11-/m1/s1. The Kier molecular flexibility index (Phi) is 2.51. The lowest BCUT2D eigenvalue weighted by molar-refractivity contribution is 0.241. The molecular weight excluding hydrogens is 272 g/mol. The van der Waals surface area contributed by atoms with Gasteiger partial charge in [-0.3, -0.25) is 0 Å². The van der Waals surface area contributed by atoms with Crippen LogP contribution in [-0.4, -0.2) is 23.5 Å². The van der Waals surface area contributed by atoms with Gasteiger partial charge in [-0.2, -0.15) is 10.2 Å². The highest BCUT2D eigenvalue weighted by Crippen LogP contribution is 2.68. The molecule has 4 saturated carbocycles. The molecule has 6 N–H and O–H groups in total. The Balaban J connectivity index is 1.63. The van der Waals surface area contributed by atoms with E-state index in [1.165, 1.54) is 6.42 Å². The molecule has 0 spiro atoms. The first-order chi connectivity index (χ1) is 10.1. The van der Waals surface area contributed by atoms with Crippen molar-refractivity contribution >= 4 is 23.5 Å². The average Bonchev–Trinajstić information content (AvgIpc) is 3.03. The molecule has 0 aromatic carbocycles. The second-order valence-electron chi connectivity index (χ2n) is 6.51. The maximum absolute atomic E-state index is 10.9. The molecule has 8 heteroatoms. The van der Waals surface area contributed by atoms with E-state index in [2.05, 4.69) is 21.1 Å². The quantitative estimate of drug-likeness (QED) is 0.531. The Labute approximate surface area is 121 Å². The Morgan fingerprint density at radius 2 is 1.29 bits per heavy atom. The Morgan fingerprint density at radius 1 is 0.857 bits per heavy atom. The first-order valence-corrected chi connectivity index (χ1v) is 7.30. The van der Waals surface area contributed by atoms with Gasteiger partial charge in [-0.05, 0) is 42.9 Å². The molecule has 0 aliphatic heterocycles. The van der Waals surface area contributed by atoms with E-state index < -0.39 is 12.1 Å². The molecule has 4 aliphatic rings. The van der Waals surface area contributed by atoms with Crippen molar-refractivity contribution in [3.05, 3.63) is 0 Å². The van der Waals surface area contributed by atoms with Crippen molar-refractivity contribution in [2.45, 2.75) is 19.3 Å². The number of urea groups is 2. The van der Waals surface area contributed by atoms with Crippen molar-refractivity contribution in [3.8, 4) is 0 Å². The third-order valence-corrected chi connectivity index (χ3v) is 5.78. The van der Waals surface area contributed by atoms with Crippen LogP contribution in [0.5, 0.6) is 0 Å². The number of primary amides is 2. The van der Waals surface area contributed by atoms with Crippen LogP contribution in [0.1, 0.15) is 19.3 Å². The summed E-state index contributed by atoms with van der Waals surface area (Å²) in [6.07, 6.45) is 3.10. The van der Waals surface area contributed by atoms with Crippen LogP contribution >= 0.6 is 0 Å². The lowest BCUT2D eigenvalue weighted by Crippen LogP contribution is -2.32. The smallest absolute Gasteiger partial charge is 0.332 e. The number of hydrogen-bond donors (Lipinski definition) is 4. The molecule has 112 valence electrons. The van der Waals surface area contributed by atoms with Crippen molar-refractivity contribution in [3.63, 3.8) is 0 Å². The van der Waals surface area contributed by atoms with Crippen molar-refractivity contribution < 1.29 is 9.59 Å².